The molecule has 0 saturated heterocycles. The van der Waals surface area contributed by atoms with Gasteiger partial charge in [-0.3, -0.25) is 4.79 Å². The maximum Gasteiger partial charge on any atom is 0.229 e. The fourth-order valence-electron chi connectivity index (χ4n) is 3.00. The van der Waals surface area contributed by atoms with Gasteiger partial charge < -0.3 is 4.57 Å². The van der Waals surface area contributed by atoms with E-state index in [1.165, 1.54) is 5.56 Å². The lowest BCUT2D eigenvalue weighted by molar-refractivity contribution is -0.683. The van der Waals surface area contributed by atoms with Crippen LogP contribution < -0.4 is 4.57 Å². The van der Waals surface area contributed by atoms with Gasteiger partial charge in [0.25, 0.3) is 0 Å². The zero-order chi connectivity index (χ0) is 16.3. The third kappa shape index (κ3) is 3.29. The molecule has 0 atom stereocenters. The van der Waals surface area contributed by atoms with Crippen LogP contribution in [-0.4, -0.2) is 10.4 Å². The molecular formula is C19H27N2O+. The molecule has 0 fully saturated rings. The minimum absolute atomic E-state index is 0.168. The number of Topliss-reactive ketones (excluding diaryl/α,β-unsaturated/α-hetero) is 1. The van der Waals surface area contributed by atoms with Gasteiger partial charge in [0.2, 0.25) is 12.3 Å². The Kier molecular flexibility index (Phi) is 5.17. The summed E-state index contributed by atoms with van der Waals surface area (Å²) in [6.07, 6.45) is 6.36. The molecule has 0 N–H and O–H groups in total. The van der Waals surface area contributed by atoms with Crippen molar-refractivity contribution in [3.05, 3.63) is 53.1 Å². The van der Waals surface area contributed by atoms with Crippen molar-refractivity contribution >= 4 is 5.78 Å². The van der Waals surface area contributed by atoms with Gasteiger partial charge in [-0.25, -0.2) is 0 Å². The number of rotatable bonds is 6. The predicted octanol–water partition coefficient (Wildman–Crippen LogP) is 3.72. The van der Waals surface area contributed by atoms with Gasteiger partial charge in [-0.15, -0.1) is 0 Å². The predicted molar refractivity (Wildman–Crippen MR) is 89.2 cm³/mol. The normalized spacial score (nSPS) is 11.2. The molecule has 2 rings (SSSR count). The molecule has 0 saturated carbocycles. The lowest BCUT2D eigenvalue weighted by Crippen LogP contribution is -2.37. The van der Waals surface area contributed by atoms with E-state index in [0.717, 1.165) is 29.8 Å². The maximum absolute atomic E-state index is 12.5. The van der Waals surface area contributed by atoms with Crippen molar-refractivity contribution in [3.8, 4) is 0 Å². The number of aromatic nitrogens is 2. The SMILES string of the molecule is CCC(CC)c1cc[n+](CC(=O)c2cc(C)n(C)c2C)cc1. The van der Waals surface area contributed by atoms with Crippen LogP contribution in [0.3, 0.4) is 0 Å². The standard InChI is InChI=1S/C19H27N2O/c1-6-16(7-2)17-8-10-21(11-9-17)13-19(22)18-12-14(3)20(5)15(18)4/h8-12,16H,6-7,13H2,1-5H3/q+1. The summed E-state index contributed by atoms with van der Waals surface area (Å²) >= 11 is 0. The van der Waals surface area contributed by atoms with Crippen molar-refractivity contribution in [2.24, 2.45) is 7.05 Å². The van der Waals surface area contributed by atoms with Crippen LogP contribution >= 0.6 is 0 Å². The molecule has 0 aliphatic rings. The van der Waals surface area contributed by atoms with Crippen LogP contribution in [0.2, 0.25) is 0 Å². The number of hydrogen-bond acceptors (Lipinski definition) is 1. The minimum atomic E-state index is 0.168. The monoisotopic (exact) mass is 299 g/mol. The van der Waals surface area contributed by atoms with Crippen molar-refractivity contribution < 1.29 is 9.36 Å². The van der Waals surface area contributed by atoms with Crippen LogP contribution in [0.15, 0.2) is 30.6 Å². The van der Waals surface area contributed by atoms with Gasteiger partial charge in [0.15, 0.2) is 12.4 Å². The Morgan fingerprint density at radius 1 is 1.18 bits per heavy atom. The number of aryl methyl sites for hydroxylation is 1. The first-order valence-corrected chi connectivity index (χ1v) is 8.13. The lowest BCUT2D eigenvalue weighted by atomic mass is 9.95. The highest BCUT2D eigenvalue weighted by Gasteiger charge is 2.18. The molecule has 0 amide bonds. The van der Waals surface area contributed by atoms with Crippen LogP contribution in [0.4, 0.5) is 0 Å². The summed E-state index contributed by atoms with van der Waals surface area (Å²) in [6.45, 7) is 8.87. The Morgan fingerprint density at radius 2 is 1.77 bits per heavy atom. The molecular weight excluding hydrogens is 272 g/mol. The molecule has 2 heterocycles. The quantitative estimate of drug-likeness (QED) is 0.590. The Hall–Kier alpha value is -1.90. The van der Waals surface area contributed by atoms with Gasteiger partial charge in [0, 0.05) is 36.1 Å². The van der Waals surface area contributed by atoms with E-state index in [-0.39, 0.29) is 5.78 Å². The van der Waals surface area contributed by atoms with Crippen molar-refractivity contribution in [3.63, 3.8) is 0 Å². The molecule has 2 aromatic heterocycles. The minimum Gasteiger partial charge on any atom is -0.351 e. The number of carbonyl (C=O) groups excluding carboxylic acids is 1. The molecule has 0 aliphatic heterocycles. The number of hydrogen-bond donors (Lipinski definition) is 0. The molecule has 0 bridgehead atoms. The molecule has 0 unspecified atom stereocenters. The fraction of sp³-hybridized carbons (Fsp3) is 0.474. The van der Waals surface area contributed by atoms with E-state index in [4.69, 9.17) is 0 Å². The van der Waals surface area contributed by atoms with Crippen LogP contribution in [0.1, 0.15) is 59.9 Å². The lowest BCUT2D eigenvalue weighted by Gasteiger charge is -2.11. The third-order valence-corrected chi connectivity index (χ3v) is 4.78. The Morgan fingerprint density at radius 3 is 2.23 bits per heavy atom. The summed E-state index contributed by atoms with van der Waals surface area (Å²) in [5.41, 5.74) is 4.35. The highest BCUT2D eigenvalue weighted by atomic mass is 16.1. The second-order valence-corrected chi connectivity index (χ2v) is 6.08. The summed E-state index contributed by atoms with van der Waals surface area (Å²) in [7, 11) is 2.00. The summed E-state index contributed by atoms with van der Waals surface area (Å²) in [6, 6.07) is 6.28. The average molecular weight is 299 g/mol. The molecule has 22 heavy (non-hydrogen) atoms. The topological polar surface area (TPSA) is 25.9 Å². The van der Waals surface area contributed by atoms with E-state index in [2.05, 4.69) is 30.5 Å². The van der Waals surface area contributed by atoms with Crippen LogP contribution in [-0.2, 0) is 13.6 Å². The van der Waals surface area contributed by atoms with E-state index in [9.17, 15) is 4.79 Å². The molecule has 0 aliphatic carbocycles. The molecule has 0 radical (unpaired) electrons. The molecule has 0 aromatic carbocycles. The largest absolute Gasteiger partial charge is 0.351 e. The van der Waals surface area contributed by atoms with Gasteiger partial charge in [0.05, 0.1) is 0 Å². The van der Waals surface area contributed by atoms with Gasteiger partial charge in [0.1, 0.15) is 0 Å². The molecule has 3 nitrogen and oxygen atoms in total. The first-order valence-electron chi connectivity index (χ1n) is 8.13. The second kappa shape index (κ2) is 6.91. The zero-order valence-electron chi connectivity index (χ0n) is 14.4. The van der Waals surface area contributed by atoms with Crippen molar-refractivity contribution in [1.29, 1.82) is 0 Å². The van der Waals surface area contributed by atoms with Crippen molar-refractivity contribution in [2.75, 3.05) is 0 Å². The van der Waals surface area contributed by atoms with Crippen molar-refractivity contribution in [2.45, 2.75) is 53.0 Å². The summed E-state index contributed by atoms with van der Waals surface area (Å²) < 4.78 is 4.03. The summed E-state index contributed by atoms with van der Waals surface area (Å²) in [5.74, 6) is 0.783. The number of nitrogens with zero attached hydrogens (tertiary/aromatic N) is 2. The van der Waals surface area contributed by atoms with E-state index < -0.39 is 0 Å². The highest BCUT2D eigenvalue weighted by Crippen LogP contribution is 2.21. The number of pyridine rings is 1. The van der Waals surface area contributed by atoms with Gasteiger partial charge >= 0.3 is 0 Å². The molecule has 118 valence electrons. The van der Waals surface area contributed by atoms with Gasteiger partial charge in [-0.2, -0.15) is 4.57 Å². The maximum atomic E-state index is 12.5. The summed E-state index contributed by atoms with van der Waals surface area (Å²) in [5, 5.41) is 0. The molecule has 0 spiro atoms. The smallest absolute Gasteiger partial charge is 0.229 e. The molecule has 3 heteroatoms. The summed E-state index contributed by atoms with van der Waals surface area (Å²) in [4.78, 5) is 12.5. The number of carbonyl (C=O) groups is 1. The number of ketones is 1. The van der Waals surface area contributed by atoms with E-state index in [0.29, 0.717) is 12.5 Å². The Bertz CT molecular complexity index is 649. The Labute approximate surface area is 133 Å². The first-order chi connectivity index (χ1) is 10.5. The van der Waals surface area contributed by atoms with E-state index in [1.807, 2.05) is 43.9 Å². The van der Waals surface area contributed by atoms with Crippen LogP contribution in [0.25, 0.3) is 0 Å². The van der Waals surface area contributed by atoms with Gasteiger partial charge in [-0.1, -0.05) is 13.8 Å². The van der Waals surface area contributed by atoms with E-state index in [1.54, 1.807) is 0 Å². The van der Waals surface area contributed by atoms with Crippen LogP contribution in [0, 0.1) is 13.8 Å². The van der Waals surface area contributed by atoms with Crippen LogP contribution in [0.5, 0.6) is 0 Å². The second-order valence-electron chi connectivity index (χ2n) is 6.08. The Balaban J connectivity index is 2.13. The fourth-order valence-corrected chi connectivity index (χ4v) is 3.00. The first kappa shape index (κ1) is 16.5. The van der Waals surface area contributed by atoms with E-state index >= 15 is 0 Å². The molecule has 2 aromatic rings. The average Bonchev–Trinajstić information content (AvgIpc) is 2.78. The highest BCUT2D eigenvalue weighted by molar-refractivity contribution is 5.96. The third-order valence-electron chi connectivity index (χ3n) is 4.78. The van der Waals surface area contributed by atoms with Gasteiger partial charge in [-0.05, 0) is 44.2 Å². The van der Waals surface area contributed by atoms with Crippen molar-refractivity contribution in [1.82, 2.24) is 4.57 Å². The zero-order valence-corrected chi connectivity index (χ0v) is 14.4.